The Hall–Kier alpha value is -0.0466. The van der Waals surface area contributed by atoms with Gasteiger partial charge in [0, 0.05) is 19.5 Å². The molecule has 2 nitrogen and oxygen atoms in total. The molecular formula is C8H12O2SZn. The predicted molar refractivity (Wildman–Crippen MR) is 48.1 cm³/mol. The fourth-order valence-electron chi connectivity index (χ4n) is 0.637. The molecule has 1 rings (SSSR count). The summed E-state index contributed by atoms with van der Waals surface area (Å²) in [6, 6.07) is 8.48. The second-order valence-electron chi connectivity index (χ2n) is 2.24. The third-order valence-electron chi connectivity index (χ3n) is 1.22. The molecule has 1 aromatic rings. The SMILES string of the molecule is Cc1ccc(C)cc1.O=[SH]O.[Zn]. The van der Waals surface area contributed by atoms with Gasteiger partial charge in [-0.1, -0.05) is 35.4 Å². The Kier molecular flexibility index (Phi) is 10.9. The molecule has 0 bridgehead atoms. The summed E-state index contributed by atoms with van der Waals surface area (Å²) in [5, 5.41) is 0. The summed E-state index contributed by atoms with van der Waals surface area (Å²) >= 11 is -0.833. The van der Waals surface area contributed by atoms with E-state index in [0.717, 1.165) is 0 Å². The van der Waals surface area contributed by atoms with Crippen molar-refractivity contribution in [3.8, 4) is 0 Å². The Morgan fingerprint density at radius 3 is 1.42 bits per heavy atom. The smallest absolute Gasteiger partial charge is 0.139 e. The van der Waals surface area contributed by atoms with Crippen molar-refractivity contribution >= 4 is 11.9 Å². The van der Waals surface area contributed by atoms with Crippen LogP contribution in [0, 0.1) is 13.8 Å². The van der Waals surface area contributed by atoms with Crippen LogP contribution in [0.3, 0.4) is 0 Å². The van der Waals surface area contributed by atoms with Crippen molar-refractivity contribution in [2.75, 3.05) is 0 Å². The van der Waals surface area contributed by atoms with E-state index in [1.165, 1.54) is 11.1 Å². The monoisotopic (exact) mass is 236 g/mol. The van der Waals surface area contributed by atoms with Gasteiger partial charge >= 0.3 is 0 Å². The van der Waals surface area contributed by atoms with E-state index in [1.807, 2.05) is 0 Å². The minimum atomic E-state index is -0.833. The molecule has 0 spiro atoms. The van der Waals surface area contributed by atoms with Gasteiger partial charge in [-0.2, -0.15) is 0 Å². The zero-order valence-corrected chi connectivity index (χ0v) is 11.2. The quantitative estimate of drug-likeness (QED) is 0.410. The number of thiol groups is 1. The number of hydrogen-bond acceptors (Lipinski definition) is 1. The molecule has 1 aromatic carbocycles. The molecule has 0 aliphatic rings. The van der Waals surface area contributed by atoms with Crippen molar-refractivity contribution in [2.24, 2.45) is 0 Å². The fourth-order valence-corrected chi connectivity index (χ4v) is 0.637. The zero-order valence-electron chi connectivity index (χ0n) is 7.32. The van der Waals surface area contributed by atoms with E-state index in [-0.39, 0.29) is 19.5 Å². The molecule has 4 heteroatoms. The van der Waals surface area contributed by atoms with Crippen LogP contribution in [0.2, 0.25) is 0 Å². The van der Waals surface area contributed by atoms with E-state index in [4.69, 9.17) is 8.76 Å². The van der Waals surface area contributed by atoms with Crippen LogP contribution in [0.1, 0.15) is 11.1 Å². The topological polar surface area (TPSA) is 37.3 Å². The van der Waals surface area contributed by atoms with Crippen molar-refractivity contribution < 1.29 is 28.2 Å². The van der Waals surface area contributed by atoms with Crippen LogP contribution in [0.25, 0.3) is 0 Å². The van der Waals surface area contributed by atoms with Gasteiger partial charge < -0.3 is 4.55 Å². The van der Waals surface area contributed by atoms with E-state index in [9.17, 15) is 0 Å². The van der Waals surface area contributed by atoms with Crippen molar-refractivity contribution in [2.45, 2.75) is 13.8 Å². The summed E-state index contributed by atoms with van der Waals surface area (Å²) in [5.41, 5.74) is 2.66. The Bertz CT molecular complexity index is 190. The summed E-state index contributed by atoms with van der Waals surface area (Å²) < 4.78 is 15.4. The molecule has 0 aliphatic heterocycles. The molecule has 12 heavy (non-hydrogen) atoms. The van der Waals surface area contributed by atoms with Gasteiger partial charge in [0.15, 0.2) is 0 Å². The average molecular weight is 238 g/mol. The number of benzene rings is 1. The van der Waals surface area contributed by atoms with E-state index in [1.54, 1.807) is 0 Å². The minimum absolute atomic E-state index is 0. The summed E-state index contributed by atoms with van der Waals surface area (Å²) in [5.74, 6) is 0. The van der Waals surface area contributed by atoms with Gasteiger partial charge in [0.05, 0.1) is 0 Å². The molecule has 64 valence electrons. The van der Waals surface area contributed by atoms with Gasteiger partial charge in [-0.3, -0.25) is 0 Å². The average Bonchev–Trinajstić information content (AvgIpc) is 1.97. The largest absolute Gasteiger partial charge is 0.308 e. The molecule has 0 unspecified atom stereocenters. The molecule has 0 aromatic heterocycles. The third-order valence-corrected chi connectivity index (χ3v) is 1.22. The zero-order chi connectivity index (χ0) is 8.69. The Morgan fingerprint density at radius 2 is 1.25 bits per heavy atom. The van der Waals surface area contributed by atoms with Crippen LogP contribution in [-0.4, -0.2) is 8.76 Å². The van der Waals surface area contributed by atoms with Crippen LogP contribution in [0.4, 0.5) is 0 Å². The van der Waals surface area contributed by atoms with E-state index in [0.29, 0.717) is 0 Å². The van der Waals surface area contributed by atoms with Gasteiger partial charge in [0.1, 0.15) is 11.9 Å². The normalized spacial score (nSPS) is 7.58. The van der Waals surface area contributed by atoms with Gasteiger partial charge in [-0.25, -0.2) is 4.21 Å². The molecule has 0 heterocycles. The van der Waals surface area contributed by atoms with Crippen molar-refractivity contribution in [3.63, 3.8) is 0 Å². The molecule has 0 radical (unpaired) electrons. The maximum absolute atomic E-state index is 8.46. The molecular weight excluding hydrogens is 226 g/mol. The summed E-state index contributed by atoms with van der Waals surface area (Å²) in [4.78, 5) is 0. The van der Waals surface area contributed by atoms with Crippen LogP contribution in [-0.2, 0) is 31.4 Å². The third kappa shape index (κ3) is 8.05. The summed E-state index contributed by atoms with van der Waals surface area (Å²) in [6.45, 7) is 4.19. The van der Waals surface area contributed by atoms with Gasteiger partial charge in [0.25, 0.3) is 0 Å². The van der Waals surface area contributed by atoms with Gasteiger partial charge in [0.2, 0.25) is 0 Å². The van der Waals surface area contributed by atoms with Crippen molar-refractivity contribution in [1.29, 1.82) is 0 Å². The summed E-state index contributed by atoms with van der Waals surface area (Å²) in [7, 11) is 0. The second-order valence-corrected chi connectivity index (χ2v) is 2.40. The molecule has 0 saturated heterocycles. The van der Waals surface area contributed by atoms with E-state index in [2.05, 4.69) is 38.1 Å². The Labute approximate surface area is 89.5 Å². The van der Waals surface area contributed by atoms with Crippen molar-refractivity contribution in [3.05, 3.63) is 35.4 Å². The van der Waals surface area contributed by atoms with Crippen molar-refractivity contribution in [1.82, 2.24) is 0 Å². The maximum Gasteiger partial charge on any atom is 0.139 e. The first kappa shape index (κ1) is 14.5. The molecule has 0 atom stereocenters. The molecule has 1 N–H and O–H groups in total. The molecule has 0 aliphatic carbocycles. The van der Waals surface area contributed by atoms with Crippen LogP contribution in [0.15, 0.2) is 24.3 Å². The molecule has 0 amide bonds. The van der Waals surface area contributed by atoms with E-state index >= 15 is 0 Å². The number of hydrogen-bond donors (Lipinski definition) is 2. The minimum Gasteiger partial charge on any atom is -0.308 e. The standard InChI is InChI=1S/C8H10.H2O2S.Zn/c1-7-3-5-8(2)6-4-7;1-3-2;/h3-6H,1-2H3;3H,(H,1,2);. The first-order chi connectivity index (χ1) is 5.20. The predicted octanol–water partition coefficient (Wildman–Crippen LogP) is 1.71. The summed E-state index contributed by atoms with van der Waals surface area (Å²) in [6.07, 6.45) is 0. The Balaban J connectivity index is 0. The van der Waals surface area contributed by atoms with Crippen LogP contribution >= 0.6 is 0 Å². The number of rotatable bonds is 0. The van der Waals surface area contributed by atoms with Crippen LogP contribution in [0.5, 0.6) is 0 Å². The van der Waals surface area contributed by atoms with E-state index < -0.39 is 11.9 Å². The van der Waals surface area contributed by atoms with Crippen LogP contribution < -0.4 is 0 Å². The second kappa shape index (κ2) is 9.04. The maximum atomic E-state index is 8.46. The Morgan fingerprint density at radius 1 is 1.08 bits per heavy atom. The molecule has 0 fully saturated rings. The molecule has 0 saturated carbocycles. The first-order valence-corrected chi connectivity index (χ1v) is 3.97. The fraction of sp³-hybridized carbons (Fsp3) is 0.250. The van der Waals surface area contributed by atoms with Gasteiger partial charge in [-0.15, -0.1) is 0 Å². The first-order valence-electron chi connectivity index (χ1n) is 3.20. The number of aryl methyl sites for hydroxylation is 2. The van der Waals surface area contributed by atoms with Gasteiger partial charge in [-0.05, 0) is 13.8 Å².